The van der Waals surface area contributed by atoms with Crippen LogP contribution in [0.25, 0.3) is 0 Å². The molecular formula is C16H40N2OSi2. The average Bonchev–Trinajstić information content (AvgIpc) is 2.33. The van der Waals surface area contributed by atoms with Gasteiger partial charge in [-0.2, -0.15) is 0 Å². The Labute approximate surface area is 135 Å². The van der Waals surface area contributed by atoms with E-state index in [1.165, 1.54) is 24.9 Å². The molecule has 0 fully saturated rings. The van der Waals surface area contributed by atoms with Crippen LogP contribution in [0.5, 0.6) is 0 Å². The van der Waals surface area contributed by atoms with Gasteiger partial charge in [-0.3, -0.25) is 0 Å². The van der Waals surface area contributed by atoms with E-state index in [-0.39, 0.29) is 10.8 Å². The van der Waals surface area contributed by atoms with Crippen LogP contribution in [0.3, 0.4) is 0 Å². The minimum Gasteiger partial charge on any atom is -0.456 e. The Bertz CT molecular complexity index is 292. The fourth-order valence-corrected chi connectivity index (χ4v) is 11.8. The van der Waals surface area contributed by atoms with E-state index in [0.29, 0.717) is 0 Å². The maximum Gasteiger partial charge on any atom is 0.176 e. The number of hydrogen-bond donors (Lipinski definition) is 2. The van der Waals surface area contributed by atoms with Crippen LogP contribution in [-0.2, 0) is 4.12 Å². The second-order valence-electron chi connectivity index (χ2n) is 9.40. The van der Waals surface area contributed by atoms with Crippen molar-refractivity contribution in [3.8, 4) is 0 Å². The first-order valence-corrected chi connectivity index (χ1v) is 14.6. The molecule has 0 spiro atoms. The molecular weight excluding hydrogens is 292 g/mol. The van der Waals surface area contributed by atoms with E-state index in [2.05, 4.69) is 53.9 Å². The Morgan fingerprint density at radius 1 is 0.762 bits per heavy atom. The molecule has 0 aromatic heterocycles. The van der Waals surface area contributed by atoms with Crippen molar-refractivity contribution in [3.63, 3.8) is 0 Å². The summed E-state index contributed by atoms with van der Waals surface area (Å²) < 4.78 is 6.70. The second kappa shape index (κ2) is 7.73. The van der Waals surface area contributed by atoms with Crippen LogP contribution in [0.4, 0.5) is 0 Å². The summed E-state index contributed by atoms with van der Waals surface area (Å²) in [4.78, 5) is 0. The molecule has 0 heterocycles. The topological polar surface area (TPSA) is 61.3 Å². The quantitative estimate of drug-likeness (QED) is 0.590. The standard InChI is InChI=1S/C16H40N2OSi2/c1-15(2,13-17)9-11-21(8,19-20(5,6)7)12-10-16(3,4)14-18/h9-14,17-18H2,1-8H3. The van der Waals surface area contributed by atoms with E-state index >= 15 is 0 Å². The molecule has 0 aromatic carbocycles. The van der Waals surface area contributed by atoms with Crippen molar-refractivity contribution in [2.45, 2.75) is 78.8 Å². The maximum atomic E-state index is 6.70. The summed E-state index contributed by atoms with van der Waals surface area (Å²) in [6.07, 6.45) is 2.33. The Hall–Kier alpha value is 0.314. The van der Waals surface area contributed by atoms with Crippen molar-refractivity contribution >= 4 is 16.6 Å². The average molecular weight is 333 g/mol. The molecule has 5 heteroatoms. The molecule has 4 N–H and O–H groups in total. The highest BCUT2D eigenvalue weighted by molar-refractivity contribution is 6.84. The predicted molar refractivity (Wildman–Crippen MR) is 101 cm³/mol. The van der Waals surface area contributed by atoms with Gasteiger partial charge >= 0.3 is 0 Å². The Kier molecular flexibility index (Phi) is 7.84. The van der Waals surface area contributed by atoms with E-state index in [4.69, 9.17) is 15.6 Å². The van der Waals surface area contributed by atoms with Gasteiger partial charge in [0.2, 0.25) is 0 Å². The molecule has 0 unspecified atom stereocenters. The minimum atomic E-state index is -1.69. The highest BCUT2D eigenvalue weighted by atomic mass is 28.4. The molecule has 0 aliphatic rings. The van der Waals surface area contributed by atoms with Gasteiger partial charge < -0.3 is 15.6 Å². The highest BCUT2D eigenvalue weighted by Gasteiger charge is 2.36. The van der Waals surface area contributed by atoms with Crippen LogP contribution < -0.4 is 11.5 Å². The monoisotopic (exact) mass is 332 g/mol. The van der Waals surface area contributed by atoms with Gasteiger partial charge in [-0.15, -0.1) is 0 Å². The SMILES string of the molecule is CC(C)(CN)CC[Si](C)(CCC(C)(C)CN)O[Si](C)(C)C. The molecule has 0 saturated carbocycles. The summed E-state index contributed by atoms with van der Waals surface area (Å²) in [6, 6.07) is 2.42. The summed E-state index contributed by atoms with van der Waals surface area (Å²) in [5, 5.41) is 0. The van der Waals surface area contributed by atoms with E-state index in [0.717, 1.165) is 13.1 Å². The fourth-order valence-electron chi connectivity index (χ4n) is 2.38. The molecule has 0 radical (unpaired) electrons. The summed E-state index contributed by atoms with van der Waals surface area (Å²) in [7, 11) is -3.19. The fraction of sp³-hybridized carbons (Fsp3) is 1.00. The molecule has 0 aliphatic heterocycles. The van der Waals surface area contributed by atoms with E-state index < -0.39 is 16.6 Å². The molecule has 0 amide bonds. The third-order valence-corrected chi connectivity index (χ3v) is 11.4. The Morgan fingerprint density at radius 3 is 1.33 bits per heavy atom. The summed E-state index contributed by atoms with van der Waals surface area (Å²) in [6.45, 7) is 19.9. The summed E-state index contributed by atoms with van der Waals surface area (Å²) in [5.41, 5.74) is 12.2. The first-order chi connectivity index (χ1) is 9.24. The van der Waals surface area contributed by atoms with Crippen LogP contribution in [-0.4, -0.2) is 29.7 Å². The van der Waals surface area contributed by atoms with Gasteiger partial charge in [0.15, 0.2) is 16.6 Å². The van der Waals surface area contributed by atoms with Crippen molar-refractivity contribution < 1.29 is 4.12 Å². The summed E-state index contributed by atoms with van der Waals surface area (Å²) in [5.74, 6) is 0. The van der Waals surface area contributed by atoms with Crippen molar-refractivity contribution in [1.82, 2.24) is 0 Å². The van der Waals surface area contributed by atoms with E-state index in [1.807, 2.05) is 0 Å². The van der Waals surface area contributed by atoms with Crippen molar-refractivity contribution in [2.24, 2.45) is 22.3 Å². The Balaban J connectivity index is 4.85. The smallest absolute Gasteiger partial charge is 0.176 e. The number of nitrogens with two attached hydrogens (primary N) is 2. The maximum absolute atomic E-state index is 6.70. The summed E-state index contributed by atoms with van der Waals surface area (Å²) >= 11 is 0. The zero-order chi connectivity index (χ0) is 16.9. The predicted octanol–water partition coefficient (Wildman–Crippen LogP) is 4.16. The van der Waals surface area contributed by atoms with Crippen LogP contribution in [0, 0.1) is 10.8 Å². The minimum absolute atomic E-state index is 0.223. The van der Waals surface area contributed by atoms with E-state index in [9.17, 15) is 0 Å². The normalized spacial score (nSPS) is 14.6. The lowest BCUT2D eigenvalue weighted by molar-refractivity contribution is 0.342. The molecule has 0 rings (SSSR count). The van der Waals surface area contributed by atoms with Crippen molar-refractivity contribution in [1.29, 1.82) is 0 Å². The highest BCUT2D eigenvalue weighted by Crippen LogP contribution is 2.34. The molecule has 0 bridgehead atoms. The molecule has 128 valence electrons. The molecule has 0 aromatic rings. The van der Waals surface area contributed by atoms with Gasteiger partial charge in [-0.1, -0.05) is 27.7 Å². The molecule has 0 saturated heterocycles. The second-order valence-corrected chi connectivity index (χ2v) is 18.3. The van der Waals surface area contributed by atoms with Gasteiger partial charge in [0.25, 0.3) is 0 Å². The lowest BCUT2D eigenvalue weighted by atomic mass is 9.90. The van der Waals surface area contributed by atoms with Gasteiger partial charge in [0, 0.05) is 0 Å². The largest absolute Gasteiger partial charge is 0.456 e. The molecule has 0 aliphatic carbocycles. The zero-order valence-electron chi connectivity index (χ0n) is 15.8. The van der Waals surface area contributed by atoms with Gasteiger partial charge in [-0.05, 0) is 75.0 Å². The van der Waals surface area contributed by atoms with E-state index in [1.54, 1.807) is 0 Å². The number of rotatable bonds is 10. The van der Waals surface area contributed by atoms with Gasteiger partial charge in [0.05, 0.1) is 0 Å². The third-order valence-electron chi connectivity index (χ3n) is 4.32. The van der Waals surface area contributed by atoms with Crippen molar-refractivity contribution in [3.05, 3.63) is 0 Å². The lowest BCUT2D eigenvalue weighted by Crippen LogP contribution is -2.46. The van der Waals surface area contributed by atoms with Crippen LogP contribution in [0.2, 0.25) is 38.3 Å². The van der Waals surface area contributed by atoms with Crippen LogP contribution >= 0.6 is 0 Å². The lowest BCUT2D eigenvalue weighted by Gasteiger charge is -2.38. The Morgan fingerprint density at radius 2 is 1.10 bits per heavy atom. The molecule has 21 heavy (non-hydrogen) atoms. The van der Waals surface area contributed by atoms with Gasteiger partial charge in [-0.25, -0.2) is 0 Å². The van der Waals surface area contributed by atoms with Gasteiger partial charge in [0.1, 0.15) is 0 Å². The first kappa shape index (κ1) is 21.3. The molecule has 3 nitrogen and oxygen atoms in total. The van der Waals surface area contributed by atoms with Crippen LogP contribution in [0.1, 0.15) is 40.5 Å². The van der Waals surface area contributed by atoms with Crippen molar-refractivity contribution in [2.75, 3.05) is 13.1 Å². The third kappa shape index (κ3) is 9.84. The zero-order valence-corrected chi connectivity index (χ0v) is 17.8. The van der Waals surface area contributed by atoms with Crippen LogP contribution in [0.15, 0.2) is 0 Å². The number of hydrogen-bond acceptors (Lipinski definition) is 3. The first-order valence-electron chi connectivity index (χ1n) is 8.35. The molecule has 0 atom stereocenters.